The molecule has 16 heavy (non-hydrogen) atoms. The lowest BCUT2D eigenvalue weighted by molar-refractivity contribution is 0.565. The summed E-state index contributed by atoms with van der Waals surface area (Å²) < 4.78 is 4.30. The predicted molar refractivity (Wildman–Crippen MR) is 73.0 cm³/mol. The highest BCUT2D eigenvalue weighted by Gasteiger charge is 2.31. The van der Waals surface area contributed by atoms with E-state index in [-0.39, 0.29) is 0 Å². The van der Waals surface area contributed by atoms with Gasteiger partial charge in [0.25, 0.3) is 0 Å². The first-order valence-corrected chi connectivity index (χ1v) is 9.40. The second-order valence-corrected chi connectivity index (χ2v) is 8.91. The van der Waals surface area contributed by atoms with Crippen LogP contribution in [0, 0.1) is 0 Å². The number of isocyanates is 1. The molecule has 0 aromatic carbocycles. The highest BCUT2D eigenvalue weighted by molar-refractivity contribution is 6.78. The van der Waals surface area contributed by atoms with Gasteiger partial charge in [0.1, 0.15) is 0 Å². The molecule has 94 valence electrons. The lowest BCUT2D eigenvalue weighted by Crippen LogP contribution is -2.31. The number of nitrogens with zero attached hydrogens (tertiary/aromatic N) is 1. The van der Waals surface area contributed by atoms with Crippen LogP contribution in [0.1, 0.15) is 59.3 Å². The Labute approximate surface area is 102 Å². The van der Waals surface area contributed by atoms with Crippen LogP contribution in [0.2, 0.25) is 18.1 Å². The van der Waals surface area contributed by atoms with Crippen molar-refractivity contribution in [2.45, 2.75) is 77.4 Å². The SMILES string of the molecule is CCCC[Si](CCCC)(CCCC)N=C=O. The molecule has 0 saturated heterocycles. The highest BCUT2D eigenvalue weighted by Crippen LogP contribution is 2.29. The number of rotatable bonds is 10. The Morgan fingerprint density at radius 3 is 1.50 bits per heavy atom. The fraction of sp³-hybridized carbons (Fsp3) is 0.923. The topological polar surface area (TPSA) is 29.4 Å². The summed E-state index contributed by atoms with van der Waals surface area (Å²) in [5.74, 6) is 0. The van der Waals surface area contributed by atoms with Crippen LogP contribution in [0.3, 0.4) is 0 Å². The van der Waals surface area contributed by atoms with E-state index >= 15 is 0 Å². The molecule has 0 fully saturated rings. The maximum atomic E-state index is 10.7. The molecule has 0 spiro atoms. The summed E-state index contributed by atoms with van der Waals surface area (Å²) in [6.45, 7) is 6.64. The summed E-state index contributed by atoms with van der Waals surface area (Å²) in [7, 11) is -1.66. The number of carbonyl (C=O) groups excluding carboxylic acids is 1. The molecule has 0 amide bonds. The Morgan fingerprint density at radius 1 is 0.875 bits per heavy atom. The van der Waals surface area contributed by atoms with Crippen LogP contribution in [0.4, 0.5) is 0 Å². The zero-order chi connectivity index (χ0) is 12.3. The minimum atomic E-state index is -1.66. The van der Waals surface area contributed by atoms with Crippen molar-refractivity contribution in [3.8, 4) is 0 Å². The summed E-state index contributed by atoms with van der Waals surface area (Å²) in [5.41, 5.74) is 0. The summed E-state index contributed by atoms with van der Waals surface area (Å²) >= 11 is 0. The van der Waals surface area contributed by atoms with E-state index in [0.29, 0.717) is 0 Å². The maximum absolute atomic E-state index is 10.7. The standard InChI is InChI=1S/C13H27NOSi/c1-4-7-10-16(14-13-15,11-8-5-2)12-9-6-3/h4-12H2,1-3H3. The van der Waals surface area contributed by atoms with Crippen molar-refractivity contribution in [3.63, 3.8) is 0 Å². The Hall–Kier alpha value is -0.403. The van der Waals surface area contributed by atoms with Crippen LogP contribution in [-0.4, -0.2) is 14.3 Å². The molecule has 0 heterocycles. The van der Waals surface area contributed by atoms with Crippen LogP contribution >= 0.6 is 0 Å². The molecule has 0 radical (unpaired) electrons. The van der Waals surface area contributed by atoms with Gasteiger partial charge in [0, 0.05) is 0 Å². The van der Waals surface area contributed by atoms with Gasteiger partial charge in [-0.3, -0.25) is 0 Å². The molecule has 0 aliphatic heterocycles. The minimum absolute atomic E-state index is 1.19. The first kappa shape index (κ1) is 15.6. The molecule has 0 aromatic rings. The molecular formula is C13H27NOSi. The number of hydrogen-bond donors (Lipinski definition) is 0. The zero-order valence-electron chi connectivity index (χ0n) is 11.2. The molecule has 0 bridgehead atoms. The van der Waals surface area contributed by atoms with Crippen molar-refractivity contribution in [1.29, 1.82) is 0 Å². The quantitative estimate of drug-likeness (QED) is 0.310. The average molecular weight is 241 g/mol. The molecule has 0 aliphatic carbocycles. The molecule has 3 heteroatoms. The summed E-state index contributed by atoms with van der Waals surface area (Å²) in [6, 6.07) is 3.58. The molecule has 0 unspecified atom stereocenters. The molecule has 0 N–H and O–H groups in total. The second-order valence-electron chi connectivity index (χ2n) is 4.74. The van der Waals surface area contributed by atoms with Gasteiger partial charge >= 0.3 is 0 Å². The van der Waals surface area contributed by atoms with Gasteiger partial charge < -0.3 is 0 Å². The van der Waals surface area contributed by atoms with Crippen molar-refractivity contribution >= 4 is 14.3 Å². The van der Waals surface area contributed by atoms with Gasteiger partial charge in [-0.2, -0.15) is 0 Å². The van der Waals surface area contributed by atoms with Gasteiger partial charge in [0.2, 0.25) is 6.08 Å². The fourth-order valence-corrected chi connectivity index (χ4v) is 6.47. The van der Waals surface area contributed by atoms with E-state index in [1.807, 2.05) is 6.08 Å². The Balaban J connectivity index is 4.51. The molecule has 0 atom stereocenters. The number of unbranched alkanes of at least 4 members (excludes halogenated alkanes) is 3. The molecule has 0 saturated carbocycles. The van der Waals surface area contributed by atoms with Crippen molar-refractivity contribution in [2.75, 3.05) is 0 Å². The van der Waals surface area contributed by atoms with Gasteiger partial charge in [0.15, 0.2) is 8.24 Å². The van der Waals surface area contributed by atoms with Crippen molar-refractivity contribution < 1.29 is 4.79 Å². The third-order valence-corrected chi connectivity index (χ3v) is 7.69. The first-order valence-electron chi connectivity index (χ1n) is 6.83. The van der Waals surface area contributed by atoms with Crippen molar-refractivity contribution in [2.24, 2.45) is 4.66 Å². The third kappa shape index (κ3) is 6.24. The van der Waals surface area contributed by atoms with Gasteiger partial charge in [-0.1, -0.05) is 59.3 Å². The van der Waals surface area contributed by atoms with E-state index < -0.39 is 8.24 Å². The average Bonchev–Trinajstić information content (AvgIpc) is 2.31. The third-order valence-electron chi connectivity index (χ3n) is 3.27. The number of hydrogen-bond acceptors (Lipinski definition) is 2. The molecular weight excluding hydrogens is 214 g/mol. The molecule has 0 rings (SSSR count). The zero-order valence-corrected chi connectivity index (χ0v) is 12.2. The van der Waals surface area contributed by atoms with E-state index in [0.717, 1.165) is 0 Å². The van der Waals surface area contributed by atoms with Crippen LogP contribution < -0.4 is 0 Å². The van der Waals surface area contributed by atoms with E-state index in [4.69, 9.17) is 0 Å². The lowest BCUT2D eigenvalue weighted by Gasteiger charge is -2.25. The van der Waals surface area contributed by atoms with Crippen LogP contribution in [0.15, 0.2) is 4.66 Å². The Morgan fingerprint density at radius 2 is 1.25 bits per heavy atom. The van der Waals surface area contributed by atoms with Crippen LogP contribution in [-0.2, 0) is 4.79 Å². The van der Waals surface area contributed by atoms with Gasteiger partial charge in [-0.25, -0.2) is 9.45 Å². The fourth-order valence-electron chi connectivity index (χ4n) is 2.16. The summed E-state index contributed by atoms with van der Waals surface area (Å²) in [6.07, 6.45) is 9.18. The van der Waals surface area contributed by atoms with E-state index in [2.05, 4.69) is 25.4 Å². The second kappa shape index (κ2) is 9.80. The van der Waals surface area contributed by atoms with Crippen molar-refractivity contribution in [3.05, 3.63) is 0 Å². The lowest BCUT2D eigenvalue weighted by atomic mass is 10.4. The molecule has 2 nitrogen and oxygen atoms in total. The minimum Gasteiger partial charge on any atom is -0.247 e. The van der Waals surface area contributed by atoms with Crippen molar-refractivity contribution in [1.82, 2.24) is 0 Å². The Bertz CT molecular complexity index is 190. The van der Waals surface area contributed by atoms with E-state index in [1.54, 1.807) is 0 Å². The van der Waals surface area contributed by atoms with Gasteiger partial charge in [-0.05, 0) is 18.1 Å². The summed E-state index contributed by atoms with van der Waals surface area (Å²) in [4.78, 5) is 10.7. The van der Waals surface area contributed by atoms with Gasteiger partial charge in [-0.15, -0.1) is 0 Å². The van der Waals surface area contributed by atoms with Crippen LogP contribution in [0.25, 0.3) is 0 Å². The largest absolute Gasteiger partial charge is 0.247 e. The Kier molecular flexibility index (Phi) is 9.55. The van der Waals surface area contributed by atoms with E-state index in [9.17, 15) is 4.79 Å². The first-order chi connectivity index (χ1) is 7.74. The highest BCUT2D eigenvalue weighted by atomic mass is 28.3. The maximum Gasteiger partial charge on any atom is 0.224 e. The molecule has 0 aromatic heterocycles. The van der Waals surface area contributed by atoms with Crippen LogP contribution in [0.5, 0.6) is 0 Å². The predicted octanol–water partition coefficient (Wildman–Crippen LogP) is 4.67. The summed E-state index contributed by atoms with van der Waals surface area (Å²) in [5, 5.41) is 0. The normalized spacial score (nSPS) is 11.2. The van der Waals surface area contributed by atoms with Gasteiger partial charge in [0.05, 0.1) is 0 Å². The smallest absolute Gasteiger partial charge is 0.224 e. The van der Waals surface area contributed by atoms with E-state index in [1.165, 1.54) is 56.7 Å². The molecule has 0 aliphatic rings. The monoisotopic (exact) mass is 241 g/mol.